The Bertz CT molecular complexity index is 1200. The second-order valence-electron chi connectivity index (χ2n) is 11.4. The molecule has 2 unspecified atom stereocenters. The van der Waals surface area contributed by atoms with Gasteiger partial charge in [0.05, 0.1) is 7.11 Å². The third-order valence-corrected chi connectivity index (χ3v) is 6.69. The van der Waals surface area contributed by atoms with Crippen LogP contribution in [-0.2, 0) is 19.1 Å². The first-order chi connectivity index (χ1) is 19.8. The molecule has 230 valence electrons. The molecule has 0 bridgehead atoms. The van der Waals surface area contributed by atoms with Crippen molar-refractivity contribution in [2.75, 3.05) is 19.0 Å². The number of nitrogens with one attached hydrogen (secondary N) is 2. The fraction of sp³-hybridized carbons (Fsp3) is 0.500. The maximum atomic E-state index is 14.3. The van der Waals surface area contributed by atoms with E-state index in [2.05, 4.69) is 10.6 Å². The van der Waals surface area contributed by atoms with Crippen LogP contribution in [0.25, 0.3) is 0 Å². The number of carbonyl (C=O) groups excluding carboxylic acids is 4. The van der Waals surface area contributed by atoms with Gasteiger partial charge < -0.3 is 30.7 Å². The van der Waals surface area contributed by atoms with Gasteiger partial charge >= 0.3 is 6.09 Å². The predicted molar refractivity (Wildman–Crippen MR) is 163 cm³/mol. The van der Waals surface area contributed by atoms with Crippen LogP contribution < -0.4 is 21.1 Å². The summed E-state index contributed by atoms with van der Waals surface area (Å²) in [5.74, 6) is -0.884. The van der Waals surface area contributed by atoms with Gasteiger partial charge in [-0.05, 0) is 88.4 Å². The molecule has 0 saturated heterocycles. The number of amides is 4. The second-order valence-corrected chi connectivity index (χ2v) is 11.4. The van der Waals surface area contributed by atoms with Crippen molar-refractivity contribution in [1.82, 2.24) is 10.2 Å². The molecule has 0 heterocycles. The summed E-state index contributed by atoms with van der Waals surface area (Å²) in [5.41, 5.74) is 7.52. The third kappa shape index (κ3) is 10.4. The van der Waals surface area contributed by atoms with Gasteiger partial charge in [-0.2, -0.15) is 0 Å². The number of benzene rings is 2. The number of methoxy groups -OCH3 is 1. The van der Waals surface area contributed by atoms with Gasteiger partial charge in [0, 0.05) is 18.7 Å². The first-order valence-corrected chi connectivity index (χ1v) is 14.4. The maximum absolute atomic E-state index is 14.3. The summed E-state index contributed by atoms with van der Waals surface area (Å²) in [7, 11) is 1.56. The highest BCUT2D eigenvalue weighted by atomic mass is 16.6. The van der Waals surface area contributed by atoms with E-state index >= 15 is 0 Å². The summed E-state index contributed by atoms with van der Waals surface area (Å²) in [4.78, 5) is 54.4. The van der Waals surface area contributed by atoms with Crippen molar-refractivity contribution < 1.29 is 28.7 Å². The summed E-state index contributed by atoms with van der Waals surface area (Å²) in [6.07, 6.45) is 1.38. The topological polar surface area (TPSA) is 140 Å². The number of nitrogens with zero attached hydrogens (tertiary/aromatic N) is 1. The number of carbonyl (C=O) groups is 4. The van der Waals surface area contributed by atoms with Crippen LogP contribution in [0.3, 0.4) is 0 Å². The van der Waals surface area contributed by atoms with Crippen molar-refractivity contribution in [3.05, 3.63) is 59.2 Å². The lowest BCUT2D eigenvalue weighted by Crippen LogP contribution is -2.53. The molecule has 2 aromatic rings. The number of hydrogen-bond donors (Lipinski definition) is 3. The Balaban J connectivity index is 2.60. The normalized spacial score (nSPS) is 12.5. The van der Waals surface area contributed by atoms with E-state index in [1.54, 1.807) is 52.1 Å². The average Bonchev–Trinajstić information content (AvgIpc) is 2.90. The van der Waals surface area contributed by atoms with Gasteiger partial charge in [-0.1, -0.05) is 38.0 Å². The van der Waals surface area contributed by atoms with E-state index in [-0.39, 0.29) is 19.4 Å². The molecule has 0 aliphatic carbocycles. The minimum absolute atomic E-state index is 0.0444. The molecule has 2 atom stereocenters. The van der Waals surface area contributed by atoms with E-state index in [1.165, 1.54) is 4.90 Å². The highest BCUT2D eigenvalue weighted by Gasteiger charge is 2.37. The number of unbranched alkanes of at least 4 members (excludes halogenated alkanes) is 2. The molecule has 10 heteroatoms. The lowest BCUT2D eigenvalue weighted by Gasteiger charge is -2.36. The zero-order valence-corrected chi connectivity index (χ0v) is 25.9. The average molecular weight is 583 g/mol. The second kappa shape index (κ2) is 15.8. The van der Waals surface area contributed by atoms with Crippen molar-refractivity contribution in [2.45, 2.75) is 91.3 Å². The zero-order valence-electron chi connectivity index (χ0n) is 25.9. The van der Waals surface area contributed by atoms with Crippen LogP contribution in [0.4, 0.5) is 10.5 Å². The van der Waals surface area contributed by atoms with Crippen LogP contribution >= 0.6 is 0 Å². The Morgan fingerprint density at radius 2 is 1.60 bits per heavy atom. The lowest BCUT2D eigenvalue weighted by molar-refractivity contribution is -0.141. The van der Waals surface area contributed by atoms with Gasteiger partial charge in [-0.25, -0.2) is 4.79 Å². The fourth-order valence-electron chi connectivity index (χ4n) is 4.66. The predicted octanol–water partition coefficient (Wildman–Crippen LogP) is 5.17. The molecule has 0 aromatic heterocycles. The SMILES string of the molecule is CCCCCN(C(=O)C(CCC(N)=O)NC(=O)OC(C)(C)C)C(C(=O)Nc1ccc(OC)cc1)c1c(C)cccc1C. The molecule has 2 aromatic carbocycles. The van der Waals surface area contributed by atoms with Crippen LogP contribution in [0.15, 0.2) is 42.5 Å². The van der Waals surface area contributed by atoms with E-state index < -0.39 is 41.5 Å². The molecule has 42 heavy (non-hydrogen) atoms. The van der Waals surface area contributed by atoms with Gasteiger partial charge in [0.1, 0.15) is 23.4 Å². The van der Waals surface area contributed by atoms with Crippen LogP contribution in [0.5, 0.6) is 5.75 Å². The molecule has 0 spiro atoms. The number of aryl methyl sites for hydroxylation is 2. The van der Waals surface area contributed by atoms with E-state index in [0.29, 0.717) is 23.4 Å². The van der Waals surface area contributed by atoms with Crippen LogP contribution in [0.1, 0.15) is 82.5 Å². The number of rotatable bonds is 14. The number of primary amides is 1. The molecule has 4 amide bonds. The lowest BCUT2D eigenvalue weighted by atomic mass is 9.93. The number of ether oxygens (including phenoxy) is 2. The molecule has 4 N–H and O–H groups in total. The Morgan fingerprint density at radius 1 is 0.976 bits per heavy atom. The number of anilines is 1. The molecule has 0 aliphatic rings. The standard InChI is InChI=1S/C32H46N4O6/c1-8-9-10-20-36(30(39)25(18-19-26(33)37)35-31(40)42-32(4,5)6)28(27-21(2)12-11-13-22(27)3)29(38)34-23-14-16-24(41-7)17-15-23/h11-17,25,28H,8-10,18-20H2,1-7H3,(H2,33,37)(H,34,38)(H,35,40). The van der Waals surface area contributed by atoms with Crippen LogP contribution in [-0.4, -0.2) is 54.0 Å². The van der Waals surface area contributed by atoms with Gasteiger partial charge in [0.2, 0.25) is 11.8 Å². The van der Waals surface area contributed by atoms with Crippen LogP contribution in [0.2, 0.25) is 0 Å². The molecule has 2 rings (SSSR count). The Morgan fingerprint density at radius 3 is 2.12 bits per heavy atom. The van der Waals surface area contributed by atoms with E-state index in [1.807, 2.05) is 39.0 Å². The number of hydrogen-bond acceptors (Lipinski definition) is 6. The first-order valence-electron chi connectivity index (χ1n) is 14.4. The Labute approximate surface area is 249 Å². The van der Waals surface area contributed by atoms with E-state index in [0.717, 1.165) is 24.0 Å². The quantitative estimate of drug-likeness (QED) is 0.263. The maximum Gasteiger partial charge on any atom is 0.408 e. The first kappa shape index (κ1) is 34.1. The van der Waals surface area contributed by atoms with Crippen molar-refractivity contribution in [3.8, 4) is 5.75 Å². The smallest absolute Gasteiger partial charge is 0.408 e. The molecule has 0 saturated carbocycles. The minimum atomic E-state index is -1.14. The van der Waals surface area contributed by atoms with E-state index in [9.17, 15) is 19.2 Å². The summed E-state index contributed by atoms with van der Waals surface area (Å²) in [5, 5.41) is 5.59. The third-order valence-electron chi connectivity index (χ3n) is 6.69. The highest BCUT2D eigenvalue weighted by molar-refractivity contribution is 5.99. The zero-order chi connectivity index (χ0) is 31.4. The minimum Gasteiger partial charge on any atom is -0.497 e. The Hall–Kier alpha value is -4.08. The monoisotopic (exact) mass is 582 g/mol. The Kier molecular flexibility index (Phi) is 12.8. The number of alkyl carbamates (subject to hydrolysis) is 1. The van der Waals surface area contributed by atoms with Gasteiger partial charge in [0.15, 0.2) is 0 Å². The summed E-state index contributed by atoms with van der Waals surface area (Å²) in [6, 6.07) is 10.4. The molecule has 10 nitrogen and oxygen atoms in total. The number of nitrogens with two attached hydrogens (primary N) is 1. The van der Waals surface area contributed by atoms with Crippen molar-refractivity contribution >= 4 is 29.5 Å². The van der Waals surface area contributed by atoms with Gasteiger partial charge in [0.25, 0.3) is 5.91 Å². The summed E-state index contributed by atoms with van der Waals surface area (Å²) in [6.45, 7) is 11.2. The van der Waals surface area contributed by atoms with Gasteiger partial charge in [-0.3, -0.25) is 14.4 Å². The molecular weight excluding hydrogens is 536 g/mol. The molecular formula is C32H46N4O6. The van der Waals surface area contributed by atoms with Crippen molar-refractivity contribution in [3.63, 3.8) is 0 Å². The van der Waals surface area contributed by atoms with E-state index in [4.69, 9.17) is 15.2 Å². The highest BCUT2D eigenvalue weighted by Crippen LogP contribution is 2.31. The summed E-state index contributed by atoms with van der Waals surface area (Å²) >= 11 is 0. The largest absolute Gasteiger partial charge is 0.497 e. The fourth-order valence-corrected chi connectivity index (χ4v) is 4.66. The van der Waals surface area contributed by atoms with Crippen molar-refractivity contribution in [2.24, 2.45) is 5.73 Å². The van der Waals surface area contributed by atoms with Crippen molar-refractivity contribution in [1.29, 1.82) is 0 Å². The molecule has 0 aliphatic heterocycles. The molecule has 0 radical (unpaired) electrons. The van der Waals surface area contributed by atoms with Gasteiger partial charge in [-0.15, -0.1) is 0 Å². The van der Waals surface area contributed by atoms with Crippen LogP contribution in [0, 0.1) is 13.8 Å². The summed E-state index contributed by atoms with van der Waals surface area (Å²) < 4.78 is 10.6. The molecule has 0 fully saturated rings.